The molecular formula is C11H9BrN2O3S. The highest BCUT2D eigenvalue weighted by molar-refractivity contribution is 9.10. The van der Waals surface area contributed by atoms with Gasteiger partial charge in [-0.3, -0.25) is 9.59 Å². The monoisotopic (exact) mass is 328 g/mol. The second-order valence-corrected chi connectivity index (χ2v) is 5.08. The van der Waals surface area contributed by atoms with Crippen molar-refractivity contribution >= 4 is 45.3 Å². The Balaban J connectivity index is 2.54. The van der Waals surface area contributed by atoms with Crippen molar-refractivity contribution in [3.05, 3.63) is 28.2 Å². The lowest BCUT2D eigenvalue weighted by atomic mass is 10.2. The van der Waals surface area contributed by atoms with Gasteiger partial charge in [0.25, 0.3) is 0 Å². The fourth-order valence-electron chi connectivity index (χ4n) is 1.10. The molecule has 18 heavy (non-hydrogen) atoms. The molecule has 94 valence electrons. The largest absolute Gasteiger partial charge is 0.481 e. The van der Waals surface area contributed by atoms with Crippen LogP contribution < -0.4 is 5.32 Å². The molecule has 0 aliphatic carbocycles. The minimum absolute atomic E-state index is 0.0682. The van der Waals surface area contributed by atoms with E-state index < -0.39 is 5.97 Å². The van der Waals surface area contributed by atoms with E-state index in [0.29, 0.717) is 15.7 Å². The van der Waals surface area contributed by atoms with Gasteiger partial charge in [0.05, 0.1) is 28.8 Å². The van der Waals surface area contributed by atoms with E-state index in [-0.39, 0.29) is 17.4 Å². The lowest BCUT2D eigenvalue weighted by Crippen LogP contribution is -2.15. The zero-order valence-electron chi connectivity index (χ0n) is 9.14. The highest BCUT2D eigenvalue weighted by atomic mass is 79.9. The van der Waals surface area contributed by atoms with E-state index in [4.69, 9.17) is 10.4 Å². The molecule has 0 spiro atoms. The number of carbonyl (C=O) groups is 2. The fraction of sp³-hybridized carbons (Fsp3) is 0.182. The average Bonchev–Trinajstić information content (AvgIpc) is 2.31. The molecule has 0 radical (unpaired) electrons. The quantitative estimate of drug-likeness (QED) is 0.863. The van der Waals surface area contributed by atoms with Crippen molar-refractivity contribution in [2.75, 3.05) is 16.8 Å². The van der Waals surface area contributed by atoms with Gasteiger partial charge in [0.2, 0.25) is 5.91 Å². The molecule has 0 atom stereocenters. The smallest absolute Gasteiger partial charge is 0.313 e. The lowest BCUT2D eigenvalue weighted by Gasteiger charge is -2.06. The number of amides is 1. The minimum atomic E-state index is -0.952. The number of nitrogens with one attached hydrogen (secondary N) is 1. The maximum atomic E-state index is 11.5. The van der Waals surface area contributed by atoms with Crippen LogP contribution in [0.1, 0.15) is 5.56 Å². The zero-order valence-corrected chi connectivity index (χ0v) is 11.5. The summed E-state index contributed by atoms with van der Waals surface area (Å²) in [6, 6.07) is 6.78. The molecule has 1 aromatic carbocycles. The lowest BCUT2D eigenvalue weighted by molar-refractivity contribution is -0.133. The summed E-state index contributed by atoms with van der Waals surface area (Å²) in [7, 11) is 0. The molecular weight excluding hydrogens is 320 g/mol. The number of carbonyl (C=O) groups excluding carboxylic acids is 1. The molecule has 0 bridgehead atoms. The summed E-state index contributed by atoms with van der Waals surface area (Å²) in [6.07, 6.45) is 0. The van der Waals surface area contributed by atoms with Gasteiger partial charge in [-0.25, -0.2) is 0 Å². The number of aliphatic carboxylic acids is 1. The molecule has 0 heterocycles. The van der Waals surface area contributed by atoms with Gasteiger partial charge in [-0.05, 0) is 34.1 Å². The Morgan fingerprint density at radius 2 is 2.17 bits per heavy atom. The number of nitriles is 1. The van der Waals surface area contributed by atoms with E-state index >= 15 is 0 Å². The highest BCUT2D eigenvalue weighted by Gasteiger charge is 2.07. The van der Waals surface area contributed by atoms with Crippen LogP contribution in [0.15, 0.2) is 22.7 Å². The predicted octanol–water partition coefficient (Wildman–Crippen LogP) is 2.08. The Hall–Kier alpha value is -1.52. The third-order valence-corrected chi connectivity index (χ3v) is 3.40. The number of thioether (sulfide) groups is 1. The molecule has 7 heteroatoms. The van der Waals surface area contributed by atoms with Crippen LogP contribution in [0.4, 0.5) is 5.69 Å². The molecule has 1 amide bonds. The third kappa shape index (κ3) is 4.77. The number of carboxylic acid groups (broad SMARTS) is 1. The van der Waals surface area contributed by atoms with Crippen molar-refractivity contribution in [2.24, 2.45) is 0 Å². The van der Waals surface area contributed by atoms with Gasteiger partial charge in [-0.15, -0.1) is 11.8 Å². The van der Waals surface area contributed by atoms with Crippen LogP contribution in [0.5, 0.6) is 0 Å². The normalized spacial score (nSPS) is 9.56. The summed E-state index contributed by atoms with van der Waals surface area (Å²) in [4.78, 5) is 21.8. The molecule has 0 aliphatic heterocycles. The molecule has 2 N–H and O–H groups in total. The Bertz CT molecular complexity index is 514. The van der Waals surface area contributed by atoms with Gasteiger partial charge in [-0.1, -0.05) is 0 Å². The average molecular weight is 329 g/mol. The summed E-state index contributed by atoms with van der Waals surface area (Å²) in [6.45, 7) is 0. The summed E-state index contributed by atoms with van der Waals surface area (Å²) in [5.41, 5.74) is 1.04. The fourth-order valence-corrected chi connectivity index (χ4v) is 2.12. The minimum Gasteiger partial charge on any atom is -0.481 e. The maximum Gasteiger partial charge on any atom is 0.313 e. The van der Waals surface area contributed by atoms with Gasteiger partial charge in [-0.2, -0.15) is 5.26 Å². The first-order valence-electron chi connectivity index (χ1n) is 4.82. The Kier molecular flexibility index (Phi) is 5.68. The number of anilines is 1. The van der Waals surface area contributed by atoms with E-state index in [1.165, 1.54) is 0 Å². The molecule has 1 rings (SSSR count). The standard InChI is InChI=1S/C11H9BrN2O3S/c12-8-3-7(4-13)1-2-9(8)14-10(15)5-18-6-11(16)17/h1-3H,5-6H2,(H,14,15)(H,16,17). The molecule has 0 aromatic heterocycles. The van der Waals surface area contributed by atoms with Crippen LogP contribution in [-0.2, 0) is 9.59 Å². The van der Waals surface area contributed by atoms with Gasteiger partial charge >= 0.3 is 5.97 Å². The van der Waals surface area contributed by atoms with Crippen molar-refractivity contribution in [3.63, 3.8) is 0 Å². The maximum absolute atomic E-state index is 11.5. The first-order chi connectivity index (χ1) is 8.52. The second-order valence-electron chi connectivity index (χ2n) is 3.24. The number of hydrogen-bond acceptors (Lipinski definition) is 4. The van der Waals surface area contributed by atoms with Crippen LogP contribution in [0.3, 0.4) is 0 Å². The van der Waals surface area contributed by atoms with Gasteiger partial charge in [0.1, 0.15) is 0 Å². The van der Waals surface area contributed by atoms with Crippen LogP contribution in [0.2, 0.25) is 0 Å². The molecule has 0 saturated carbocycles. The van der Waals surface area contributed by atoms with Gasteiger partial charge < -0.3 is 10.4 Å². The molecule has 0 aliphatic rings. The number of carboxylic acids is 1. The Morgan fingerprint density at radius 1 is 1.44 bits per heavy atom. The van der Waals surface area contributed by atoms with Crippen LogP contribution in [-0.4, -0.2) is 28.5 Å². The molecule has 0 fully saturated rings. The summed E-state index contributed by atoms with van der Waals surface area (Å²) < 4.78 is 0.609. The number of nitrogens with zero attached hydrogens (tertiary/aromatic N) is 1. The number of rotatable bonds is 5. The van der Waals surface area contributed by atoms with E-state index in [2.05, 4.69) is 21.2 Å². The number of benzene rings is 1. The van der Waals surface area contributed by atoms with E-state index in [1.807, 2.05) is 6.07 Å². The van der Waals surface area contributed by atoms with Crippen molar-refractivity contribution < 1.29 is 14.7 Å². The first-order valence-corrected chi connectivity index (χ1v) is 6.76. The highest BCUT2D eigenvalue weighted by Crippen LogP contribution is 2.23. The summed E-state index contributed by atoms with van der Waals surface area (Å²) in [5, 5.41) is 19.7. The van der Waals surface area contributed by atoms with Crippen molar-refractivity contribution in [3.8, 4) is 6.07 Å². The van der Waals surface area contributed by atoms with Gasteiger partial charge in [0, 0.05) is 4.47 Å². The topological polar surface area (TPSA) is 90.2 Å². The van der Waals surface area contributed by atoms with E-state index in [0.717, 1.165) is 11.8 Å². The van der Waals surface area contributed by atoms with E-state index in [1.54, 1.807) is 18.2 Å². The molecule has 1 aromatic rings. The van der Waals surface area contributed by atoms with Gasteiger partial charge in [0.15, 0.2) is 0 Å². The second kappa shape index (κ2) is 7.03. The van der Waals surface area contributed by atoms with Crippen LogP contribution >= 0.6 is 27.7 Å². The van der Waals surface area contributed by atoms with Crippen molar-refractivity contribution in [2.45, 2.75) is 0 Å². The zero-order chi connectivity index (χ0) is 13.5. The molecule has 0 saturated heterocycles. The molecule has 5 nitrogen and oxygen atoms in total. The van der Waals surface area contributed by atoms with Crippen LogP contribution in [0, 0.1) is 11.3 Å². The first kappa shape index (κ1) is 14.5. The summed E-state index contributed by atoms with van der Waals surface area (Å²) in [5.74, 6) is -1.28. The third-order valence-electron chi connectivity index (χ3n) is 1.83. The summed E-state index contributed by atoms with van der Waals surface area (Å²) >= 11 is 4.26. The van der Waals surface area contributed by atoms with E-state index in [9.17, 15) is 9.59 Å². The molecule has 0 unspecified atom stereocenters. The van der Waals surface area contributed by atoms with Crippen molar-refractivity contribution in [1.29, 1.82) is 5.26 Å². The van der Waals surface area contributed by atoms with Crippen molar-refractivity contribution in [1.82, 2.24) is 0 Å². The Labute approximate surface area is 116 Å². The van der Waals surface area contributed by atoms with Crippen LogP contribution in [0.25, 0.3) is 0 Å². The number of halogens is 1. The SMILES string of the molecule is N#Cc1ccc(NC(=O)CSCC(=O)O)c(Br)c1. The number of hydrogen-bond donors (Lipinski definition) is 2. The predicted molar refractivity (Wildman–Crippen MR) is 72.4 cm³/mol. The Morgan fingerprint density at radius 3 is 2.72 bits per heavy atom.